The topological polar surface area (TPSA) is 17.8 Å². The highest BCUT2D eigenvalue weighted by molar-refractivity contribution is 7.25. The van der Waals surface area contributed by atoms with E-state index in [2.05, 4.69) is 162 Å². The Kier molecular flexibility index (Phi) is 5.29. The molecule has 0 amide bonds. The van der Waals surface area contributed by atoms with Crippen LogP contribution in [-0.4, -0.2) is 9.55 Å². The first-order valence-electron chi connectivity index (χ1n) is 16.4. The van der Waals surface area contributed by atoms with Crippen LogP contribution in [0.15, 0.2) is 158 Å². The molecule has 48 heavy (non-hydrogen) atoms. The monoisotopic (exact) mass is 626 g/mol. The second-order valence-corrected chi connectivity index (χ2v) is 13.8. The minimum Gasteiger partial charge on any atom is -0.309 e. The Morgan fingerprint density at radius 1 is 0.396 bits per heavy atom. The van der Waals surface area contributed by atoms with Crippen molar-refractivity contribution in [2.45, 2.75) is 0 Å². The fraction of sp³-hybridized carbons (Fsp3) is 0. The number of aromatic nitrogens is 2. The Balaban J connectivity index is 1.25. The molecular formula is C45H26N2S. The lowest BCUT2D eigenvalue weighted by atomic mass is 9.90. The van der Waals surface area contributed by atoms with Crippen molar-refractivity contribution in [1.29, 1.82) is 0 Å². The highest BCUT2D eigenvalue weighted by Crippen LogP contribution is 2.44. The molecule has 3 heteroatoms. The Morgan fingerprint density at radius 3 is 1.85 bits per heavy atom. The smallest absolute Gasteiger partial charge is 0.0795 e. The molecule has 222 valence electrons. The maximum absolute atomic E-state index is 5.44. The molecule has 0 unspecified atom stereocenters. The largest absolute Gasteiger partial charge is 0.309 e. The van der Waals surface area contributed by atoms with Crippen molar-refractivity contribution in [3.8, 4) is 16.9 Å². The van der Waals surface area contributed by atoms with E-state index in [1.807, 2.05) is 11.3 Å². The van der Waals surface area contributed by atoms with Crippen molar-refractivity contribution in [3.05, 3.63) is 158 Å². The van der Waals surface area contributed by atoms with Crippen LogP contribution >= 0.6 is 11.3 Å². The van der Waals surface area contributed by atoms with Gasteiger partial charge in [0.1, 0.15) is 0 Å². The SMILES string of the molecule is c1cc(-c2nc3ccccc3c3c4ccccc4c4ccccc4c23)cc(-n2c3ccccc3c3cc4sc5ccccc5c4cc32)c1. The van der Waals surface area contributed by atoms with Crippen molar-refractivity contribution >= 4 is 96.5 Å². The first kappa shape index (κ1) is 26.1. The van der Waals surface area contributed by atoms with Crippen LogP contribution in [0.25, 0.3) is 102 Å². The molecule has 0 aliphatic heterocycles. The Hall–Kier alpha value is -6.03. The fourth-order valence-electron chi connectivity index (χ4n) is 8.09. The summed E-state index contributed by atoms with van der Waals surface area (Å²) in [6, 6.07) is 57.6. The minimum atomic E-state index is 1.01. The predicted octanol–water partition coefficient (Wildman–Crippen LogP) is 12.8. The van der Waals surface area contributed by atoms with Crippen molar-refractivity contribution in [2.24, 2.45) is 0 Å². The summed E-state index contributed by atoms with van der Waals surface area (Å²) in [6.07, 6.45) is 0. The van der Waals surface area contributed by atoms with Crippen molar-refractivity contribution < 1.29 is 0 Å². The van der Waals surface area contributed by atoms with Gasteiger partial charge in [-0.25, -0.2) is 4.98 Å². The Morgan fingerprint density at radius 2 is 1.04 bits per heavy atom. The lowest BCUT2D eigenvalue weighted by molar-refractivity contribution is 1.18. The number of fused-ring (bicyclic) bond motifs is 14. The third-order valence-corrected chi connectivity index (χ3v) is 11.3. The summed E-state index contributed by atoms with van der Waals surface area (Å²) in [4.78, 5) is 5.44. The molecule has 0 N–H and O–H groups in total. The molecule has 3 aromatic heterocycles. The zero-order chi connectivity index (χ0) is 31.3. The average molecular weight is 627 g/mol. The van der Waals surface area contributed by atoms with E-state index in [0.717, 1.165) is 22.5 Å². The summed E-state index contributed by atoms with van der Waals surface area (Å²) < 4.78 is 5.09. The van der Waals surface area contributed by atoms with E-state index in [-0.39, 0.29) is 0 Å². The first-order valence-corrected chi connectivity index (χ1v) is 17.2. The molecule has 0 atom stereocenters. The van der Waals surface area contributed by atoms with Gasteiger partial charge in [-0.3, -0.25) is 0 Å². The molecule has 0 aliphatic rings. The number of rotatable bonds is 2. The van der Waals surface area contributed by atoms with Crippen LogP contribution in [0.2, 0.25) is 0 Å². The van der Waals surface area contributed by atoms with Gasteiger partial charge in [0.2, 0.25) is 0 Å². The minimum absolute atomic E-state index is 1.01. The van der Waals surface area contributed by atoms with Gasteiger partial charge in [-0.15, -0.1) is 11.3 Å². The average Bonchev–Trinajstić information content (AvgIpc) is 3.68. The predicted molar refractivity (Wildman–Crippen MR) is 207 cm³/mol. The van der Waals surface area contributed by atoms with Crippen LogP contribution in [0, 0.1) is 0 Å². The molecule has 0 radical (unpaired) electrons. The molecule has 0 saturated carbocycles. The molecule has 0 bridgehead atoms. The maximum Gasteiger partial charge on any atom is 0.0795 e. The fourth-order valence-corrected chi connectivity index (χ4v) is 9.22. The Labute approximate surface area is 279 Å². The molecule has 2 nitrogen and oxygen atoms in total. The third-order valence-electron chi connectivity index (χ3n) is 10.1. The number of para-hydroxylation sites is 2. The summed E-state index contributed by atoms with van der Waals surface area (Å²) in [5.74, 6) is 0. The zero-order valence-electron chi connectivity index (χ0n) is 25.8. The number of benzene rings is 8. The highest BCUT2D eigenvalue weighted by atomic mass is 32.1. The van der Waals surface area contributed by atoms with Gasteiger partial charge in [0.05, 0.1) is 22.2 Å². The van der Waals surface area contributed by atoms with Crippen LogP contribution in [0.1, 0.15) is 0 Å². The van der Waals surface area contributed by atoms with Crippen LogP contribution in [0.4, 0.5) is 0 Å². The van der Waals surface area contributed by atoms with E-state index in [0.29, 0.717) is 0 Å². The van der Waals surface area contributed by atoms with Crippen LogP contribution in [0.5, 0.6) is 0 Å². The number of hydrogen-bond donors (Lipinski definition) is 0. The molecule has 8 aromatic carbocycles. The van der Waals surface area contributed by atoms with Gasteiger partial charge in [0.25, 0.3) is 0 Å². The highest BCUT2D eigenvalue weighted by Gasteiger charge is 2.19. The number of nitrogens with zero attached hydrogens (tertiary/aromatic N) is 2. The van der Waals surface area contributed by atoms with E-state index in [1.165, 1.54) is 79.7 Å². The van der Waals surface area contributed by atoms with Crippen molar-refractivity contribution in [2.75, 3.05) is 0 Å². The summed E-state index contributed by atoms with van der Waals surface area (Å²) in [5, 5.41) is 13.8. The van der Waals surface area contributed by atoms with E-state index >= 15 is 0 Å². The lowest BCUT2D eigenvalue weighted by Gasteiger charge is -2.17. The number of pyridine rings is 1. The molecule has 11 aromatic rings. The van der Waals surface area contributed by atoms with Crippen molar-refractivity contribution in [3.63, 3.8) is 0 Å². The second-order valence-electron chi connectivity index (χ2n) is 12.7. The zero-order valence-corrected chi connectivity index (χ0v) is 26.6. The van der Waals surface area contributed by atoms with Gasteiger partial charge in [-0.1, -0.05) is 115 Å². The Bertz CT molecular complexity index is 3130. The van der Waals surface area contributed by atoms with Crippen LogP contribution in [0.3, 0.4) is 0 Å². The molecule has 0 aliphatic carbocycles. The van der Waals surface area contributed by atoms with E-state index in [4.69, 9.17) is 4.98 Å². The number of thiophene rings is 1. The second kappa shape index (κ2) is 9.74. The van der Waals surface area contributed by atoms with E-state index in [9.17, 15) is 0 Å². The quantitative estimate of drug-likeness (QED) is 0.175. The standard InChI is InChI=1S/C45H26N2S/c1-3-18-33-29(14-1)30-15-2-4-19-34(30)44-43(33)35-20-5-8-21-38(35)46-45(44)27-12-11-13-28(24-27)47-39-22-9-6-16-31(39)36-26-42-37(25-40(36)47)32-17-7-10-23-41(32)48-42/h1-26H. The van der Waals surface area contributed by atoms with Gasteiger partial charge in [-0.05, 0) is 64.0 Å². The maximum atomic E-state index is 5.44. The first-order chi connectivity index (χ1) is 23.8. The van der Waals surface area contributed by atoms with Gasteiger partial charge >= 0.3 is 0 Å². The third kappa shape index (κ3) is 3.54. The van der Waals surface area contributed by atoms with E-state index in [1.54, 1.807) is 0 Å². The molecule has 3 heterocycles. The van der Waals surface area contributed by atoms with Gasteiger partial charge in [0.15, 0.2) is 0 Å². The molecule has 11 rings (SSSR count). The summed E-state index contributed by atoms with van der Waals surface area (Å²) in [6.45, 7) is 0. The van der Waals surface area contributed by atoms with Crippen molar-refractivity contribution in [1.82, 2.24) is 9.55 Å². The van der Waals surface area contributed by atoms with Gasteiger partial charge < -0.3 is 4.57 Å². The van der Waals surface area contributed by atoms with Crippen LogP contribution in [-0.2, 0) is 0 Å². The van der Waals surface area contributed by atoms with Gasteiger partial charge in [-0.2, -0.15) is 0 Å². The summed E-state index contributed by atoms with van der Waals surface area (Å²) in [5.41, 5.74) is 6.69. The van der Waals surface area contributed by atoms with Gasteiger partial charge in [0, 0.05) is 58.4 Å². The molecule has 0 spiro atoms. The molecule has 0 saturated heterocycles. The van der Waals surface area contributed by atoms with E-state index < -0.39 is 0 Å². The summed E-state index contributed by atoms with van der Waals surface area (Å²) in [7, 11) is 0. The molecule has 0 fully saturated rings. The number of hydrogen-bond acceptors (Lipinski definition) is 2. The lowest BCUT2D eigenvalue weighted by Crippen LogP contribution is -1.96. The normalized spacial score (nSPS) is 12.2. The molecular weight excluding hydrogens is 601 g/mol. The van der Waals surface area contributed by atoms with Crippen LogP contribution < -0.4 is 0 Å². The summed E-state index contributed by atoms with van der Waals surface area (Å²) >= 11 is 1.88.